The monoisotopic (exact) mass is 753 g/mol. The summed E-state index contributed by atoms with van der Waals surface area (Å²) in [6.45, 7) is 0. The number of hydrogen-bond acceptors (Lipinski definition) is 4. The first-order chi connectivity index (χ1) is 29.2. The van der Waals surface area contributed by atoms with Crippen LogP contribution in [0.2, 0.25) is 0 Å². The highest BCUT2D eigenvalue weighted by atomic mass is 16.3. The number of rotatable bonds is 7. The van der Waals surface area contributed by atoms with Gasteiger partial charge < -0.3 is 4.42 Å². The van der Waals surface area contributed by atoms with Gasteiger partial charge in [-0.25, -0.2) is 15.0 Å². The van der Waals surface area contributed by atoms with E-state index in [4.69, 9.17) is 19.4 Å². The van der Waals surface area contributed by atoms with Crippen molar-refractivity contribution in [3.05, 3.63) is 212 Å². The number of nitrogens with zero attached hydrogens (tertiary/aromatic N) is 3. The number of aromatic nitrogens is 3. The molecule has 0 aliphatic heterocycles. The molecule has 2 aromatic heterocycles. The molecule has 0 saturated carbocycles. The number of benzene rings is 9. The standard InChI is InChI=1S/C55H35N3O/c1-3-14-36(15-4-1)42-18-7-10-22-50(42)55-57-53(40-16-5-2-6-17-40)56-54(58-55)41-32-30-38(31-33-41)44-35-34-43(46-19-8-9-20-47(44)46)37-26-28-39(29-27-37)45-23-13-24-49-48-21-11-12-25-51(48)59-52(45)49/h1-35H. The van der Waals surface area contributed by atoms with E-state index in [1.54, 1.807) is 0 Å². The van der Waals surface area contributed by atoms with E-state index in [1.165, 1.54) is 21.9 Å². The molecule has 4 heteroatoms. The maximum absolute atomic E-state index is 6.35. The smallest absolute Gasteiger partial charge is 0.164 e. The van der Waals surface area contributed by atoms with Crippen molar-refractivity contribution in [3.63, 3.8) is 0 Å². The van der Waals surface area contributed by atoms with E-state index in [0.29, 0.717) is 17.5 Å². The summed E-state index contributed by atoms with van der Waals surface area (Å²) in [5.74, 6) is 1.90. The zero-order chi connectivity index (χ0) is 39.1. The van der Waals surface area contributed by atoms with Crippen molar-refractivity contribution in [2.45, 2.75) is 0 Å². The maximum atomic E-state index is 6.35. The van der Waals surface area contributed by atoms with Gasteiger partial charge >= 0.3 is 0 Å². The molecule has 0 unspecified atom stereocenters. The van der Waals surface area contributed by atoms with Gasteiger partial charge in [0.1, 0.15) is 11.2 Å². The van der Waals surface area contributed by atoms with Crippen LogP contribution in [0.4, 0.5) is 0 Å². The Labute approximate surface area is 341 Å². The Balaban J connectivity index is 0.947. The van der Waals surface area contributed by atoms with Crippen LogP contribution in [0.3, 0.4) is 0 Å². The van der Waals surface area contributed by atoms with Crippen molar-refractivity contribution in [3.8, 4) is 78.7 Å². The van der Waals surface area contributed by atoms with Crippen LogP contribution in [0.1, 0.15) is 0 Å². The van der Waals surface area contributed by atoms with Crippen molar-refractivity contribution >= 4 is 32.7 Å². The van der Waals surface area contributed by atoms with E-state index in [1.807, 2.05) is 54.6 Å². The van der Waals surface area contributed by atoms with Gasteiger partial charge in [0.2, 0.25) is 0 Å². The first kappa shape index (κ1) is 34.3. The normalized spacial score (nSPS) is 11.4. The van der Waals surface area contributed by atoms with Crippen LogP contribution in [0.15, 0.2) is 217 Å². The number of hydrogen-bond donors (Lipinski definition) is 0. The number of furan rings is 1. The second-order valence-electron chi connectivity index (χ2n) is 14.7. The molecule has 11 rings (SSSR count). The van der Waals surface area contributed by atoms with E-state index in [0.717, 1.165) is 72.0 Å². The van der Waals surface area contributed by atoms with Crippen LogP contribution < -0.4 is 0 Å². The fraction of sp³-hybridized carbons (Fsp3) is 0. The summed E-state index contributed by atoms with van der Waals surface area (Å²) in [7, 11) is 0. The molecule has 11 aromatic rings. The largest absolute Gasteiger partial charge is 0.455 e. The molecule has 0 aliphatic rings. The minimum Gasteiger partial charge on any atom is -0.455 e. The molecule has 0 radical (unpaired) electrons. The third kappa shape index (κ3) is 6.24. The Morgan fingerprint density at radius 3 is 1.27 bits per heavy atom. The molecule has 0 spiro atoms. The lowest BCUT2D eigenvalue weighted by atomic mass is 9.91. The predicted molar refractivity (Wildman–Crippen MR) is 243 cm³/mol. The highest BCUT2D eigenvalue weighted by Crippen LogP contribution is 2.40. The zero-order valence-corrected chi connectivity index (χ0v) is 32.0. The lowest BCUT2D eigenvalue weighted by Crippen LogP contribution is -2.01. The highest BCUT2D eigenvalue weighted by molar-refractivity contribution is 6.10. The van der Waals surface area contributed by atoms with Gasteiger partial charge in [-0.2, -0.15) is 0 Å². The van der Waals surface area contributed by atoms with Gasteiger partial charge in [-0.3, -0.25) is 0 Å². The van der Waals surface area contributed by atoms with E-state index in [2.05, 4.69) is 158 Å². The fourth-order valence-electron chi connectivity index (χ4n) is 8.29. The molecule has 276 valence electrons. The molecular weight excluding hydrogens is 719 g/mol. The molecule has 0 bridgehead atoms. The van der Waals surface area contributed by atoms with Crippen molar-refractivity contribution < 1.29 is 4.42 Å². The summed E-state index contributed by atoms with van der Waals surface area (Å²) in [6.07, 6.45) is 0. The van der Waals surface area contributed by atoms with Crippen molar-refractivity contribution in [2.24, 2.45) is 0 Å². The Morgan fingerprint density at radius 2 is 0.644 bits per heavy atom. The topological polar surface area (TPSA) is 51.8 Å². The van der Waals surface area contributed by atoms with Crippen LogP contribution in [0.5, 0.6) is 0 Å². The van der Waals surface area contributed by atoms with Crippen LogP contribution >= 0.6 is 0 Å². The average molecular weight is 754 g/mol. The Bertz CT molecular complexity index is 3300. The third-order valence-corrected chi connectivity index (χ3v) is 11.2. The summed E-state index contributed by atoms with van der Waals surface area (Å²) >= 11 is 0. The van der Waals surface area contributed by atoms with Crippen LogP contribution in [0, 0.1) is 0 Å². The van der Waals surface area contributed by atoms with Crippen molar-refractivity contribution in [1.29, 1.82) is 0 Å². The molecule has 4 nitrogen and oxygen atoms in total. The fourth-order valence-corrected chi connectivity index (χ4v) is 8.29. The first-order valence-corrected chi connectivity index (χ1v) is 19.9. The number of fused-ring (bicyclic) bond motifs is 4. The second-order valence-corrected chi connectivity index (χ2v) is 14.7. The second kappa shape index (κ2) is 14.5. The van der Waals surface area contributed by atoms with E-state index in [9.17, 15) is 0 Å². The molecular formula is C55H35N3O. The van der Waals surface area contributed by atoms with Gasteiger partial charge in [0.05, 0.1) is 0 Å². The Morgan fingerprint density at radius 1 is 0.237 bits per heavy atom. The summed E-state index contributed by atoms with van der Waals surface area (Å²) in [5, 5.41) is 4.67. The molecule has 0 amide bonds. The van der Waals surface area contributed by atoms with Gasteiger partial charge in [-0.15, -0.1) is 0 Å². The van der Waals surface area contributed by atoms with Gasteiger partial charge in [0, 0.05) is 33.0 Å². The summed E-state index contributed by atoms with van der Waals surface area (Å²) in [6, 6.07) is 74.0. The van der Waals surface area contributed by atoms with Crippen molar-refractivity contribution in [2.75, 3.05) is 0 Å². The summed E-state index contributed by atoms with van der Waals surface area (Å²) < 4.78 is 6.35. The van der Waals surface area contributed by atoms with Crippen LogP contribution in [-0.4, -0.2) is 15.0 Å². The Hall–Kier alpha value is -7.95. The Kier molecular flexibility index (Phi) is 8.45. The van der Waals surface area contributed by atoms with Crippen molar-refractivity contribution in [1.82, 2.24) is 15.0 Å². The van der Waals surface area contributed by atoms with Gasteiger partial charge in [-0.1, -0.05) is 206 Å². The summed E-state index contributed by atoms with van der Waals surface area (Å²) in [4.78, 5) is 15.2. The third-order valence-electron chi connectivity index (χ3n) is 11.2. The molecule has 0 fully saturated rings. The lowest BCUT2D eigenvalue weighted by Gasteiger charge is -2.14. The van der Waals surface area contributed by atoms with Crippen LogP contribution in [0.25, 0.3) is 111 Å². The zero-order valence-electron chi connectivity index (χ0n) is 32.0. The molecule has 0 aliphatic carbocycles. The van der Waals surface area contributed by atoms with E-state index < -0.39 is 0 Å². The van der Waals surface area contributed by atoms with E-state index in [-0.39, 0.29) is 0 Å². The molecule has 9 aromatic carbocycles. The van der Waals surface area contributed by atoms with E-state index >= 15 is 0 Å². The quantitative estimate of drug-likeness (QED) is 0.163. The van der Waals surface area contributed by atoms with Gasteiger partial charge in [0.15, 0.2) is 17.5 Å². The highest BCUT2D eigenvalue weighted by Gasteiger charge is 2.17. The molecule has 2 heterocycles. The first-order valence-electron chi connectivity index (χ1n) is 19.9. The SMILES string of the molecule is c1ccc(-c2nc(-c3ccc(-c4ccc(-c5ccc(-c6cccc7c6oc6ccccc67)cc5)c5ccccc45)cc3)nc(-c3ccccc3-c3ccccc3)n2)cc1. The summed E-state index contributed by atoms with van der Waals surface area (Å²) in [5.41, 5.74) is 13.7. The molecule has 0 N–H and O–H groups in total. The van der Waals surface area contributed by atoms with Crippen LogP contribution in [-0.2, 0) is 0 Å². The average Bonchev–Trinajstić information content (AvgIpc) is 3.71. The molecule has 0 atom stereocenters. The van der Waals surface area contributed by atoms with Gasteiger partial charge in [-0.05, 0) is 55.8 Å². The lowest BCUT2D eigenvalue weighted by molar-refractivity contribution is 0.670. The molecule has 0 saturated heterocycles. The minimum absolute atomic E-state index is 0.628. The molecule has 59 heavy (non-hydrogen) atoms. The van der Waals surface area contributed by atoms with Gasteiger partial charge in [0.25, 0.3) is 0 Å². The number of para-hydroxylation sites is 2. The predicted octanol–water partition coefficient (Wildman–Crippen LogP) is 14.6. The minimum atomic E-state index is 0.628. The maximum Gasteiger partial charge on any atom is 0.164 e.